The van der Waals surface area contributed by atoms with Gasteiger partial charge in [-0.3, -0.25) is 14.4 Å². The smallest absolute Gasteiger partial charge is 0.224 e. The van der Waals surface area contributed by atoms with Crippen molar-refractivity contribution in [3.63, 3.8) is 0 Å². The molecule has 36 heavy (non-hydrogen) atoms. The Balaban J connectivity index is 1.72. The number of amides is 1. The number of ketones is 2. The molecule has 0 atom stereocenters. The van der Waals surface area contributed by atoms with Crippen LogP contribution in [0.1, 0.15) is 76.4 Å². The van der Waals surface area contributed by atoms with E-state index in [1.807, 2.05) is 25.1 Å². The first-order valence-electron chi connectivity index (χ1n) is 12.5. The number of carbonyl (C=O) groups is 3. The molecular formula is C30H30N2O4. The Hall–Kier alpha value is -3.93. The van der Waals surface area contributed by atoms with Crippen LogP contribution >= 0.6 is 0 Å². The molecule has 2 aliphatic rings. The number of aryl methyl sites for hydroxylation is 1. The molecule has 0 unspecified atom stereocenters. The van der Waals surface area contributed by atoms with E-state index in [0.717, 1.165) is 37.7 Å². The summed E-state index contributed by atoms with van der Waals surface area (Å²) < 4.78 is 5.53. The highest BCUT2D eigenvalue weighted by Crippen LogP contribution is 2.41. The summed E-state index contributed by atoms with van der Waals surface area (Å²) in [4.78, 5) is 42.5. The lowest BCUT2D eigenvalue weighted by molar-refractivity contribution is -0.117. The summed E-state index contributed by atoms with van der Waals surface area (Å²) in [5.74, 6) is 0.0330. The zero-order valence-electron chi connectivity index (χ0n) is 20.9. The Morgan fingerprint density at radius 1 is 0.889 bits per heavy atom. The lowest BCUT2D eigenvalue weighted by Crippen LogP contribution is -2.42. The van der Waals surface area contributed by atoms with E-state index >= 15 is 0 Å². The number of carbonyl (C=O) groups excluding carboxylic acids is 3. The molecule has 0 heterocycles. The highest BCUT2D eigenvalue weighted by molar-refractivity contribution is 6.32. The molecule has 1 fully saturated rings. The minimum Gasteiger partial charge on any atom is -0.495 e. The van der Waals surface area contributed by atoms with E-state index in [4.69, 9.17) is 4.74 Å². The maximum atomic E-state index is 13.9. The maximum absolute atomic E-state index is 13.9. The minimum absolute atomic E-state index is 0.0103. The van der Waals surface area contributed by atoms with Gasteiger partial charge in [0.05, 0.1) is 35.3 Å². The van der Waals surface area contributed by atoms with Gasteiger partial charge in [0.15, 0.2) is 11.6 Å². The van der Waals surface area contributed by atoms with Gasteiger partial charge in [0.2, 0.25) is 5.91 Å². The van der Waals surface area contributed by atoms with Crippen molar-refractivity contribution in [2.75, 3.05) is 17.3 Å². The SMILES string of the molecule is COc1ccc(C)cc1Nc1ccc(N(C(C)=O)C2CCCCC2)c2c1C(=O)c1ccccc1C2=O. The van der Waals surface area contributed by atoms with Gasteiger partial charge in [0.25, 0.3) is 0 Å². The van der Waals surface area contributed by atoms with Crippen molar-refractivity contribution in [2.24, 2.45) is 0 Å². The molecule has 184 valence electrons. The molecule has 1 N–H and O–H groups in total. The summed E-state index contributed by atoms with van der Waals surface area (Å²) in [6.07, 6.45) is 4.99. The fourth-order valence-corrected chi connectivity index (χ4v) is 5.54. The molecule has 3 aromatic rings. The Bertz CT molecular complexity index is 1370. The molecule has 1 saturated carbocycles. The number of rotatable bonds is 5. The van der Waals surface area contributed by atoms with Crippen molar-refractivity contribution in [3.05, 3.63) is 82.4 Å². The average molecular weight is 483 g/mol. The maximum Gasteiger partial charge on any atom is 0.224 e. The van der Waals surface area contributed by atoms with Crippen LogP contribution in [0.3, 0.4) is 0 Å². The van der Waals surface area contributed by atoms with Crippen LogP contribution in [0, 0.1) is 6.92 Å². The van der Waals surface area contributed by atoms with Gasteiger partial charge in [-0.05, 0) is 49.6 Å². The average Bonchev–Trinajstić information content (AvgIpc) is 2.88. The lowest BCUT2D eigenvalue weighted by atomic mass is 9.81. The summed E-state index contributed by atoms with van der Waals surface area (Å²) in [5.41, 5.74) is 4.07. The van der Waals surface area contributed by atoms with Crippen molar-refractivity contribution >= 4 is 34.5 Å². The summed E-state index contributed by atoms with van der Waals surface area (Å²) >= 11 is 0. The van der Waals surface area contributed by atoms with Crippen molar-refractivity contribution in [1.29, 1.82) is 0 Å². The van der Waals surface area contributed by atoms with E-state index in [1.54, 1.807) is 48.4 Å². The Labute approximate surface area is 211 Å². The molecular weight excluding hydrogens is 452 g/mol. The van der Waals surface area contributed by atoms with Gasteiger partial charge in [0.1, 0.15) is 5.75 Å². The number of fused-ring (bicyclic) bond motifs is 2. The number of nitrogens with zero attached hydrogens (tertiary/aromatic N) is 1. The highest BCUT2D eigenvalue weighted by atomic mass is 16.5. The molecule has 0 bridgehead atoms. The Morgan fingerprint density at radius 3 is 2.19 bits per heavy atom. The third-order valence-corrected chi connectivity index (χ3v) is 7.22. The molecule has 2 aliphatic carbocycles. The predicted octanol–water partition coefficient (Wildman–Crippen LogP) is 6.21. The van der Waals surface area contributed by atoms with Crippen molar-refractivity contribution < 1.29 is 19.1 Å². The quantitative estimate of drug-likeness (QED) is 0.366. The number of benzene rings is 3. The van der Waals surface area contributed by atoms with E-state index < -0.39 is 0 Å². The van der Waals surface area contributed by atoms with E-state index in [-0.39, 0.29) is 29.1 Å². The molecule has 1 amide bonds. The van der Waals surface area contributed by atoms with Crippen LogP contribution < -0.4 is 15.0 Å². The third-order valence-electron chi connectivity index (χ3n) is 7.22. The molecule has 3 aromatic carbocycles. The van der Waals surface area contributed by atoms with E-state index in [2.05, 4.69) is 5.32 Å². The monoisotopic (exact) mass is 482 g/mol. The summed E-state index contributed by atoms with van der Waals surface area (Å²) in [5, 5.41) is 3.35. The first-order valence-corrected chi connectivity index (χ1v) is 12.5. The Kier molecular flexibility index (Phi) is 6.35. The van der Waals surface area contributed by atoms with E-state index in [0.29, 0.717) is 39.5 Å². The Morgan fingerprint density at radius 2 is 1.56 bits per heavy atom. The number of hydrogen-bond acceptors (Lipinski definition) is 5. The third kappa shape index (κ3) is 4.06. The topological polar surface area (TPSA) is 75.7 Å². The number of ether oxygens (including phenoxy) is 1. The summed E-state index contributed by atoms with van der Waals surface area (Å²) in [6, 6.07) is 16.3. The molecule has 0 spiro atoms. The fourth-order valence-electron chi connectivity index (χ4n) is 5.54. The molecule has 6 nitrogen and oxygen atoms in total. The first-order chi connectivity index (χ1) is 17.4. The standard InChI is InChI=1S/C30H30N2O4/c1-18-13-16-26(36-3)24(17-18)31-23-14-15-25(32(19(2)33)20-9-5-4-6-10-20)28-27(23)29(34)21-11-7-8-12-22(21)30(28)35/h7-8,11-17,20,31H,4-6,9-10H2,1-3H3. The second-order valence-electron chi connectivity index (χ2n) is 9.60. The van der Waals surface area contributed by atoms with Gasteiger partial charge in [-0.15, -0.1) is 0 Å². The van der Waals surface area contributed by atoms with Crippen molar-refractivity contribution in [2.45, 2.75) is 52.0 Å². The van der Waals surface area contributed by atoms with Crippen LogP contribution in [0.15, 0.2) is 54.6 Å². The van der Waals surface area contributed by atoms with Crippen LogP contribution in [0.4, 0.5) is 17.1 Å². The van der Waals surface area contributed by atoms with Gasteiger partial charge in [0, 0.05) is 24.1 Å². The van der Waals surface area contributed by atoms with Crippen LogP contribution in [-0.4, -0.2) is 30.6 Å². The zero-order valence-corrected chi connectivity index (χ0v) is 20.9. The number of anilines is 3. The van der Waals surface area contributed by atoms with Gasteiger partial charge < -0.3 is 15.0 Å². The largest absolute Gasteiger partial charge is 0.495 e. The lowest BCUT2D eigenvalue weighted by Gasteiger charge is -2.36. The van der Waals surface area contributed by atoms with Gasteiger partial charge in [-0.2, -0.15) is 0 Å². The number of hydrogen-bond donors (Lipinski definition) is 1. The first kappa shape index (κ1) is 23.8. The highest BCUT2D eigenvalue weighted by Gasteiger charge is 2.37. The normalized spacial score (nSPS) is 15.2. The van der Waals surface area contributed by atoms with E-state index in [9.17, 15) is 14.4 Å². The predicted molar refractivity (Wildman–Crippen MR) is 141 cm³/mol. The molecule has 0 aromatic heterocycles. The van der Waals surface area contributed by atoms with Gasteiger partial charge in [-0.1, -0.05) is 49.6 Å². The fraction of sp³-hybridized carbons (Fsp3) is 0.300. The van der Waals surface area contributed by atoms with Crippen molar-refractivity contribution in [3.8, 4) is 5.75 Å². The molecule has 6 heteroatoms. The molecule has 0 saturated heterocycles. The number of nitrogens with one attached hydrogen (secondary N) is 1. The summed E-state index contributed by atoms with van der Waals surface area (Å²) in [7, 11) is 1.59. The van der Waals surface area contributed by atoms with Crippen LogP contribution in [0.2, 0.25) is 0 Å². The molecule has 0 aliphatic heterocycles. The van der Waals surface area contributed by atoms with Crippen LogP contribution in [0.25, 0.3) is 0 Å². The summed E-state index contributed by atoms with van der Waals surface area (Å²) in [6.45, 7) is 3.51. The molecule has 0 radical (unpaired) electrons. The second kappa shape index (κ2) is 9.61. The number of methoxy groups -OCH3 is 1. The second-order valence-corrected chi connectivity index (χ2v) is 9.60. The molecule has 5 rings (SSSR count). The van der Waals surface area contributed by atoms with Gasteiger partial charge in [-0.25, -0.2) is 0 Å². The van der Waals surface area contributed by atoms with Crippen LogP contribution in [-0.2, 0) is 4.79 Å². The minimum atomic E-state index is -0.239. The van der Waals surface area contributed by atoms with Crippen LogP contribution in [0.5, 0.6) is 5.75 Å². The van der Waals surface area contributed by atoms with Crippen molar-refractivity contribution in [1.82, 2.24) is 0 Å². The van der Waals surface area contributed by atoms with Gasteiger partial charge >= 0.3 is 0 Å². The van der Waals surface area contributed by atoms with E-state index in [1.165, 1.54) is 6.92 Å². The zero-order chi connectivity index (χ0) is 25.4.